The van der Waals surface area contributed by atoms with Crippen molar-refractivity contribution in [1.29, 1.82) is 0 Å². The Morgan fingerprint density at radius 2 is 1.08 bits per heavy atom. The molecule has 0 atom stereocenters. The van der Waals surface area contributed by atoms with Gasteiger partial charge >= 0.3 is 0 Å². The molecule has 4 aromatic heterocycles. The standard InChI is InChI=1S/C45H27N3OS/c1-2-10-28(11-3-1)38-27-39(30-19-17-29(18-20-30)37-14-8-9-25-46-37)48-45(47-38)36-24-23-32(44-43(36)35-13-4-6-15-40(35)49-44)31-21-22-34-33-12-5-7-16-41(33)50-42(34)26-31/h1-27H. The highest BCUT2D eigenvalue weighted by Crippen LogP contribution is 2.43. The van der Waals surface area contributed by atoms with Gasteiger partial charge in [0.05, 0.1) is 17.1 Å². The number of furan rings is 1. The lowest BCUT2D eigenvalue weighted by Crippen LogP contribution is -1.97. The van der Waals surface area contributed by atoms with Gasteiger partial charge in [-0.3, -0.25) is 4.98 Å². The average molecular weight is 658 g/mol. The summed E-state index contributed by atoms with van der Waals surface area (Å²) < 4.78 is 9.25. The number of pyridine rings is 1. The second kappa shape index (κ2) is 11.6. The van der Waals surface area contributed by atoms with Crippen molar-refractivity contribution < 1.29 is 4.42 Å². The van der Waals surface area contributed by atoms with Crippen molar-refractivity contribution in [1.82, 2.24) is 15.0 Å². The van der Waals surface area contributed by atoms with Gasteiger partial charge in [-0.05, 0) is 54.1 Å². The summed E-state index contributed by atoms with van der Waals surface area (Å²) in [4.78, 5) is 15.0. The maximum atomic E-state index is 6.70. The molecule has 4 heterocycles. The number of benzene rings is 6. The van der Waals surface area contributed by atoms with E-state index >= 15 is 0 Å². The van der Waals surface area contributed by atoms with Crippen molar-refractivity contribution in [3.63, 3.8) is 0 Å². The summed E-state index contributed by atoms with van der Waals surface area (Å²) in [5.74, 6) is 0.651. The molecule has 5 heteroatoms. The number of thiophene rings is 1. The molecule has 10 rings (SSSR count). The van der Waals surface area contributed by atoms with Crippen LogP contribution in [0.5, 0.6) is 0 Å². The minimum absolute atomic E-state index is 0.651. The summed E-state index contributed by atoms with van der Waals surface area (Å²) in [6.45, 7) is 0. The summed E-state index contributed by atoms with van der Waals surface area (Å²) in [6.07, 6.45) is 1.82. The Morgan fingerprint density at radius 1 is 0.440 bits per heavy atom. The quantitative estimate of drug-likeness (QED) is 0.185. The van der Waals surface area contributed by atoms with E-state index in [-0.39, 0.29) is 0 Å². The number of hydrogen-bond donors (Lipinski definition) is 0. The zero-order chi connectivity index (χ0) is 33.0. The number of nitrogens with zero attached hydrogens (tertiary/aromatic N) is 3. The van der Waals surface area contributed by atoms with Gasteiger partial charge in [0.1, 0.15) is 11.2 Å². The highest BCUT2D eigenvalue weighted by atomic mass is 32.1. The van der Waals surface area contributed by atoms with Crippen LogP contribution in [0.3, 0.4) is 0 Å². The molecule has 50 heavy (non-hydrogen) atoms. The third kappa shape index (κ3) is 4.79. The fourth-order valence-corrected chi connectivity index (χ4v) is 8.10. The second-order valence-electron chi connectivity index (χ2n) is 12.4. The lowest BCUT2D eigenvalue weighted by Gasteiger charge is -2.12. The van der Waals surface area contributed by atoms with Crippen LogP contribution in [0.1, 0.15) is 0 Å². The second-order valence-corrected chi connectivity index (χ2v) is 13.5. The Labute approximate surface area is 292 Å². The minimum atomic E-state index is 0.651. The van der Waals surface area contributed by atoms with Crippen LogP contribution in [0.15, 0.2) is 168 Å². The molecule has 0 aliphatic rings. The summed E-state index contributed by atoms with van der Waals surface area (Å²) in [7, 11) is 0. The minimum Gasteiger partial charge on any atom is -0.455 e. The molecule has 0 unspecified atom stereocenters. The van der Waals surface area contributed by atoms with Gasteiger partial charge in [0.25, 0.3) is 0 Å². The zero-order valence-corrected chi connectivity index (χ0v) is 27.6. The Balaban J connectivity index is 1.17. The summed E-state index contributed by atoms with van der Waals surface area (Å²) in [5.41, 5.74) is 10.5. The molecular formula is C45H27N3OS. The van der Waals surface area contributed by atoms with Crippen LogP contribution >= 0.6 is 11.3 Å². The molecule has 0 aliphatic heterocycles. The lowest BCUT2D eigenvalue weighted by molar-refractivity contribution is 0.670. The first-order chi connectivity index (χ1) is 24.8. The first-order valence-corrected chi connectivity index (χ1v) is 17.4. The molecule has 0 aliphatic carbocycles. The highest BCUT2D eigenvalue weighted by Gasteiger charge is 2.20. The van der Waals surface area contributed by atoms with E-state index < -0.39 is 0 Å². The predicted molar refractivity (Wildman–Crippen MR) is 207 cm³/mol. The molecule has 4 nitrogen and oxygen atoms in total. The molecule has 0 N–H and O–H groups in total. The first-order valence-electron chi connectivity index (χ1n) is 16.6. The smallest absolute Gasteiger partial charge is 0.161 e. The van der Waals surface area contributed by atoms with Gasteiger partial charge in [-0.15, -0.1) is 11.3 Å². The third-order valence-electron chi connectivity index (χ3n) is 9.39. The summed E-state index contributed by atoms with van der Waals surface area (Å²) in [5, 5.41) is 4.62. The van der Waals surface area contributed by atoms with E-state index in [1.807, 2.05) is 66.1 Å². The number of para-hydroxylation sites is 1. The Kier molecular flexibility index (Phi) is 6.64. The monoisotopic (exact) mass is 657 g/mol. The molecular weight excluding hydrogens is 631 g/mol. The SMILES string of the molecule is c1ccc(-c2cc(-c3ccc(-c4ccccn4)cc3)nc(-c3ccc(-c4ccc5c(c4)sc4ccccc45)c4oc5ccccc5c34)n2)cc1. The summed E-state index contributed by atoms with van der Waals surface area (Å²) in [6, 6.07) is 54.7. The van der Waals surface area contributed by atoms with Gasteiger partial charge in [0.2, 0.25) is 0 Å². The molecule has 0 saturated carbocycles. The van der Waals surface area contributed by atoms with Crippen molar-refractivity contribution in [3.05, 3.63) is 164 Å². The normalized spacial score (nSPS) is 11.6. The van der Waals surface area contributed by atoms with Gasteiger partial charge in [-0.1, -0.05) is 109 Å². The molecule has 0 spiro atoms. The Bertz CT molecular complexity index is 2860. The van der Waals surface area contributed by atoms with Crippen LogP contribution in [-0.2, 0) is 0 Å². The van der Waals surface area contributed by atoms with Gasteiger partial charge in [-0.2, -0.15) is 0 Å². The van der Waals surface area contributed by atoms with E-state index in [2.05, 4.69) is 114 Å². The fourth-order valence-electron chi connectivity index (χ4n) is 6.95. The number of aromatic nitrogens is 3. The van der Waals surface area contributed by atoms with E-state index in [1.54, 1.807) is 0 Å². The van der Waals surface area contributed by atoms with Crippen LogP contribution in [0.2, 0.25) is 0 Å². The zero-order valence-electron chi connectivity index (χ0n) is 26.7. The van der Waals surface area contributed by atoms with E-state index in [4.69, 9.17) is 14.4 Å². The topological polar surface area (TPSA) is 51.8 Å². The molecule has 0 saturated heterocycles. The highest BCUT2D eigenvalue weighted by molar-refractivity contribution is 7.25. The van der Waals surface area contributed by atoms with Crippen molar-refractivity contribution in [2.24, 2.45) is 0 Å². The van der Waals surface area contributed by atoms with Crippen molar-refractivity contribution in [2.75, 3.05) is 0 Å². The van der Waals surface area contributed by atoms with E-state index in [0.29, 0.717) is 5.82 Å². The first kappa shape index (κ1) is 28.6. The molecule has 6 aromatic carbocycles. The molecule has 0 amide bonds. The Morgan fingerprint density at radius 3 is 1.88 bits per heavy atom. The maximum Gasteiger partial charge on any atom is 0.161 e. The third-order valence-corrected chi connectivity index (χ3v) is 10.5. The van der Waals surface area contributed by atoms with Crippen molar-refractivity contribution in [3.8, 4) is 56.3 Å². The predicted octanol–water partition coefficient (Wildman–Crippen LogP) is 12.5. The number of fused-ring (bicyclic) bond motifs is 6. The van der Waals surface area contributed by atoms with Crippen LogP contribution < -0.4 is 0 Å². The van der Waals surface area contributed by atoms with Crippen molar-refractivity contribution >= 4 is 53.4 Å². The van der Waals surface area contributed by atoms with Crippen molar-refractivity contribution in [2.45, 2.75) is 0 Å². The largest absolute Gasteiger partial charge is 0.455 e. The van der Waals surface area contributed by atoms with Crippen LogP contribution in [-0.4, -0.2) is 15.0 Å². The molecule has 10 aromatic rings. The van der Waals surface area contributed by atoms with Gasteiger partial charge in [-0.25, -0.2) is 9.97 Å². The lowest BCUT2D eigenvalue weighted by atomic mass is 9.97. The number of hydrogen-bond acceptors (Lipinski definition) is 5. The molecule has 0 bridgehead atoms. The van der Waals surface area contributed by atoms with E-state index in [0.717, 1.165) is 72.4 Å². The number of rotatable bonds is 5. The molecule has 0 radical (unpaired) electrons. The van der Waals surface area contributed by atoms with Gasteiger partial charge < -0.3 is 4.42 Å². The summed E-state index contributed by atoms with van der Waals surface area (Å²) >= 11 is 1.83. The fraction of sp³-hybridized carbons (Fsp3) is 0. The molecule has 0 fully saturated rings. The molecule has 234 valence electrons. The van der Waals surface area contributed by atoms with Crippen LogP contribution in [0.25, 0.3) is 98.4 Å². The Hall–Kier alpha value is -6.43. The average Bonchev–Trinajstić information content (AvgIpc) is 3.77. The van der Waals surface area contributed by atoms with E-state index in [1.165, 1.54) is 20.2 Å². The van der Waals surface area contributed by atoms with Crippen LogP contribution in [0.4, 0.5) is 0 Å². The maximum absolute atomic E-state index is 6.70. The van der Waals surface area contributed by atoms with Gasteiger partial charge in [0.15, 0.2) is 5.82 Å². The van der Waals surface area contributed by atoms with E-state index in [9.17, 15) is 0 Å². The van der Waals surface area contributed by atoms with Crippen LogP contribution in [0, 0.1) is 0 Å². The van der Waals surface area contributed by atoms with Gasteiger partial charge in [0, 0.05) is 65.0 Å².